The zero-order valence-corrected chi connectivity index (χ0v) is 13.6. The van der Waals surface area contributed by atoms with Crippen LogP contribution in [0.5, 0.6) is 0 Å². The lowest BCUT2D eigenvalue weighted by Gasteiger charge is -2.29. The van der Waals surface area contributed by atoms with Crippen LogP contribution in [0, 0.1) is 11.8 Å². The van der Waals surface area contributed by atoms with E-state index >= 15 is 0 Å². The maximum absolute atomic E-state index is 11.5. The average molecular weight is 312 g/mol. The van der Waals surface area contributed by atoms with E-state index in [1.54, 1.807) is 0 Å². The second-order valence-corrected chi connectivity index (χ2v) is 6.90. The van der Waals surface area contributed by atoms with Gasteiger partial charge in [-0.1, -0.05) is 37.0 Å². The van der Waals surface area contributed by atoms with Crippen LogP contribution in [0.2, 0.25) is 6.32 Å². The summed E-state index contributed by atoms with van der Waals surface area (Å²) in [6.07, 6.45) is 3.50. The van der Waals surface area contributed by atoms with E-state index in [4.69, 9.17) is 7.85 Å². The minimum Gasteiger partial charge on any atom is -0.481 e. The molecule has 2 radical (unpaired) electrons. The van der Waals surface area contributed by atoms with Crippen molar-refractivity contribution in [3.8, 4) is 0 Å². The smallest absolute Gasteiger partial charge is 0.308 e. The zero-order chi connectivity index (χ0) is 16.2. The van der Waals surface area contributed by atoms with Gasteiger partial charge >= 0.3 is 5.97 Å². The van der Waals surface area contributed by atoms with Gasteiger partial charge in [-0.3, -0.25) is 4.79 Å². The van der Waals surface area contributed by atoms with Crippen LogP contribution in [0.4, 0.5) is 0 Å². The minimum absolute atomic E-state index is 0.238. The van der Waals surface area contributed by atoms with E-state index in [1.165, 1.54) is 11.1 Å². The van der Waals surface area contributed by atoms with Crippen molar-refractivity contribution >= 4 is 13.8 Å². The van der Waals surface area contributed by atoms with Gasteiger partial charge in [0.1, 0.15) is 0 Å². The number of nitrogens with one attached hydrogen (secondary N) is 1. The lowest BCUT2D eigenvalue weighted by atomic mass is 9.88. The van der Waals surface area contributed by atoms with Gasteiger partial charge in [0, 0.05) is 32.2 Å². The Balaban J connectivity index is 1.57. The Morgan fingerprint density at radius 1 is 1.30 bits per heavy atom. The van der Waals surface area contributed by atoms with Gasteiger partial charge in [0.15, 0.2) is 0 Å². The number of nitrogens with zero attached hydrogens (tertiary/aromatic N) is 1. The Hall–Kier alpha value is -1.33. The molecule has 3 rings (SSSR count). The van der Waals surface area contributed by atoms with Crippen molar-refractivity contribution in [1.82, 2.24) is 10.2 Å². The fourth-order valence-corrected chi connectivity index (χ4v) is 4.02. The predicted molar refractivity (Wildman–Crippen MR) is 91.6 cm³/mol. The van der Waals surface area contributed by atoms with Crippen LogP contribution >= 0.6 is 0 Å². The second-order valence-electron chi connectivity index (χ2n) is 6.90. The molecule has 23 heavy (non-hydrogen) atoms. The SMILES string of the molecule is [B]CCCC1CN(CC2Cc3ccccc3CN2)CC1C(=O)O. The summed E-state index contributed by atoms with van der Waals surface area (Å²) < 4.78 is 0. The van der Waals surface area contributed by atoms with Crippen molar-refractivity contribution in [2.24, 2.45) is 11.8 Å². The van der Waals surface area contributed by atoms with E-state index in [0.717, 1.165) is 38.9 Å². The largest absolute Gasteiger partial charge is 0.481 e. The molecule has 0 saturated carbocycles. The molecule has 3 unspecified atom stereocenters. The van der Waals surface area contributed by atoms with Gasteiger partial charge in [-0.2, -0.15) is 0 Å². The van der Waals surface area contributed by atoms with E-state index in [1.807, 2.05) is 0 Å². The highest BCUT2D eigenvalue weighted by molar-refractivity contribution is 6.08. The van der Waals surface area contributed by atoms with Gasteiger partial charge in [-0.15, -0.1) is 0 Å². The van der Waals surface area contributed by atoms with Crippen molar-refractivity contribution in [2.75, 3.05) is 19.6 Å². The molecule has 5 heteroatoms. The van der Waals surface area contributed by atoms with Crippen molar-refractivity contribution < 1.29 is 9.90 Å². The number of benzene rings is 1. The molecule has 1 fully saturated rings. The first-order valence-corrected chi connectivity index (χ1v) is 8.62. The van der Waals surface area contributed by atoms with Gasteiger partial charge in [0.2, 0.25) is 0 Å². The highest BCUT2D eigenvalue weighted by Gasteiger charge is 2.37. The Bertz CT molecular complexity index is 552. The summed E-state index contributed by atoms with van der Waals surface area (Å²) in [5.41, 5.74) is 2.80. The van der Waals surface area contributed by atoms with Crippen LogP contribution in [-0.4, -0.2) is 49.5 Å². The van der Waals surface area contributed by atoms with Crippen molar-refractivity contribution in [3.63, 3.8) is 0 Å². The van der Waals surface area contributed by atoms with Crippen molar-refractivity contribution in [2.45, 2.75) is 38.2 Å². The van der Waals surface area contributed by atoms with Crippen LogP contribution in [0.15, 0.2) is 24.3 Å². The van der Waals surface area contributed by atoms with Gasteiger partial charge in [-0.05, 0) is 29.9 Å². The molecular weight excluding hydrogens is 287 g/mol. The third-order valence-corrected chi connectivity index (χ3v) is 5.26. The summed E-state index contributed by atoms with van der Waals surface area (Å²) in [5.74, 6) is -0.652. The Kier molecular flexibility index (Phi) is 5.39. The lowest BCUT2D eigenvalue weighted by molar-refractivity contribution is -0.142. The minimum atomic E-state index is -0.656. The Morgan fingerprint density at radius 2 is 2.09 bits per heavy atom. The summed E-state index contributed by atoms with van der Waals surface area (Å²) >= 11 is 0. The molecule has 2 aliphatic heterocycles. The van der Waals surface area contributed by atoms with Crippen LogP contribution in [0.25, 0.3) is 0 Å². The molecule has 0 amide bonds. The monoisotopic (exact) mass is 312 g/mol. The van der Waals surface area contributed by atoms with E-state index in [2.05, 4.69) is 34.5 Å². The highest BCUT2D eigenvalue weighted by atomic mass is 16.4. The summed E-state index contributed by atoms with van der Waals surface area (Å²) in [7, 11) is 5.59. The fraction of sp³-hybridized carbons (Fsp3) is 0.611. The van der Waals surface area contributed by atoms with Gasteiger partial charge < -0.3 is 15.3 Å². The van der Waals surface area contributed by atoms with E-state index < -0.39 is 5.97 Å². The van der Waals surface area contributed by atoms with Crippen molar-refractivity contribution in [1.29, 1.82) is 0 Å². The molecule has 1 saturated heterocycles. The number of hydrogen-bond acceptors (Lipinski definition) is 3. The highest BCUT2D eigenvalue weighted by Crippen LogP contribution is 2.29. The molecule has 4 nitrogen and oxygen atoms in total. The number of fused-ring (bicyclic) bond motifs is 1. The fourth-order valence-electron chi connectivity index (χ4n) is 4.02. The first-order valence-electron chi connectivity index (χ1n) is 8.62. The third-order valence-electron chi connectivity index (χ3n) is 5.26. The maximum atomic E-state index is 11.5. The van der Waals surface area contributed by atoms with Crippen LogP contribution in [-0.2, 0) is 17.8 Å². The summed E-state index contributed by atoms with van der Waals surface area (Å²) in [5, 5.41) is 13.1. The molecular formula is C18H25BN2O2. The van der Waals surface area contributed by atoms with E-state index in [-0.39, 0.29) is 11.8 Å². The molecule has 2 heterocycles. The number of carboxylic acid groups (broad SMARTS) is 1. The van der Waals surface area contributed by atoms with Crippen molar-refractivity contribution in [3.05, 3.63) is 35.4 Å². The average Bonchev–Trinajstić information content (AvgIpc) is 2.96. The van der Waals surface area contributed by atoms with E-state index in [9.17, 15) is 9.90 Å². The molecule has 1 aromatic rings. The third kappa shape index (κ3) is 3.96. The number of aliphatic carboxylic acids is 1. The van der Waals surface area contributed by atoms with Crippen LogP contribution in [0.3, 0.4) is 0 Å². The normalized spacial score (nSPS) is 27.7. The summed E-state index contributed by atoms with van der Waals surface area (Å²) in [6, 6.07) is 8.98. The number of carbonyl (C=O) groups is 1. The van der Waals surface area contributed by atoms with Gasteiger partial charge in [0.25, 0.3) is 0 Å². The molecule has 3 atom stereocenters. The standard InChI is InChI=1S/C18H25BN2O2/c19-7-3-6-15-10-21(12-17(15)18(22)23)11-16-8-13-4-1-2-5-14(13)9-20-16/h1-2,4-5,15-17,20H,3,6-12H2,(H,22,23). The topological polar surface area (TPSA) is 52.6 Å². The zero-order valence-electron chi connectivity index (χ0n) is 13.6. The predicted octanol–water partition coefficient (Wildman–Crippen LogP) is 1.70. The second kappa shape index (κ2) is 7.50. The molecule has 0 aliphatic carbocycles. The Morgan fingerprint density at radius 3 is 2.83 bits per heavy atom. The number of likely N-dealkylation sites (tertiary alicyclic amines) is 1. The first-order chi connectivity index (χ1) is 11.2. The molecule has 2 aliphatic rings. The lowest BCUT2D eigenvalue weighted by Crippen LogP contribution is -2.44. The number of hydrogen-bond donors (Lipinski definition) is 2. The molecule has 122 valence electrons. The molecule has 0 spiro atoms. The molecule has 0 aromatic heterocycles. The quantitative estimate of drug-likeness (QED) is 0.785. The molecule has 2 N–H and O–H groups in total. The maximum Gasteiger partial charge on any atom is 0.308 e. The number of carboxylic acids is 1. The first kappa shape index (κ1) is 16.5. The molecule has 0 bridgehead atoms. The number of rotatable bonds is 6. The summed E-state index contributed by atoms with van der Waals surface area (Å²) in [4.78, 5) is 13.8. The van der Waals surface area contributed by atoms with Gasteiger partial charge in [0.05, 0.1) is 13.8 Å². The Labute approximate surface area is 139 Å². The van der Waals surface area contributed by atoms with E-state index in [0.29, 0.717) is 18.9 Å². The van der Waals surface area contributed by atoms with Crippen LogP contribution < -0.4 is 5.32 Å². The van der Waals surface area contributed by atoms with Gasteiger partial charge in [-0.25, -0.2) is 0 Å². The summed E-state index contributed by atoms with van der Waals surface area (Å²) in [6.45, 7) is 3.39. The molecule has 1 aromatic carbocycles. The van der Waals surface area contributed by atoms with Crippen LogP contribution in [0.1, 0.15) is 24.0 Å².